The molecule has 74 valence electrons. The van der Waals surface area contributed by atoms with Gasteiger partial charge in [0.15, 0.2) is 0 Å². The number of hydrogen-bond acceptors (Lipinski definition) is 2. The molecule has 0 saturated heterocycles. The van der Waals surface area contributed by atoms with Crippen molar-refractivity contribution >= 4 is 29.9 Å². The molecule has 7 heteroatoms. The average molecular weight is 362 g/mol. The molecular weight excluding hydrogens is 353 g/mol. The number of hydrogen-bond donors (Lipinski definition) is 0. The Labute approximate surface area is 115 Å². The van der Waals surface area contributed by atoms with Crippen LogP contribution < -0.4 is 54.7 Å². The van der Waals surface area contributed by atoms with Gasteiger partial charge in [-0.15, -0.1) is 0 Å². The third-order valence-corrected chi connectivity index (χ3v) is 0.612. The maximum absolute atomic E-state index is 9.91. The molecule has 0 N–H and O–H groups in total. The summed E-state index contributed by atoms with van der Waals surface area (Å²) in [5.41, 5.74) is -0.694. The zero-order valence-corrected chi connectivity index (χ0v) is 12.7. The minimum Gasteiger partial charge on any atom is -1.00 e. The number of carbonyl (C=O) groups is 1. The van der Waals surface area contributed by atoms with Crippen molar-refractivity contribution in [2.24, 2.45) is 5.41 Å². The van der Waals surface area contributed by atoms with Gasteiger partial charge in [-0.3, -0.25) is 0 Å². The second-order valence-corrected chi connectivity index (χ2v) is 2.54. The van der Waals surface area contributed by atoms with Crippen LogP contribution in [0.1, 0.15) is 20.8 Å². The van der Waals surface area contributed by atoms with Gasteiger partial charge in [-0.05, 0) is 0 Å². The van der Waals surface area contributed by atoms with E-state index in [1.54, 1.807) is 20.8 Å². The van der Waals surface area contributed by atoms with Crippen LogP contribution in [0.3, 0.4) is 0 Å². The second kappa shape index (κ2) is 14.9. The predicted octanol–water partition coefficient (Wildman–Crippen LogP) is -12.6. The van der Waals surface area contributed by atoms with Gasteiger partial charge in [0.1, 0.15) is 0 Å². The van der Waals surface area contributed by atoms with E-state index < -0.39 is 11.4 Å². The van der Waals surface area contributed by atoms with Crippen molar-refractivity contribution in [2.45, 2.75) is 20.8 Å². The summed E-state index contributed by atoms with van der Waals surface area (Å²) in [5, 5.41) is 9.91. The number of carboxylic acids is 1. The Hall–Kier alpha value is 1.43. The normalized spacial score (nSPS) is 6.58. The summed E-state index contributed by atoms with van der Waals surface area (Å²) in [5.74, 6) is -1.01. The largest absolute Gasteiger partial charge is 4.00 e. The number of aliphatic carboxylic acids is 1. The molecule has 0 spiro atoms. The molecule has 2 nitrogen and oxygen atoms in total. The van der Waals surface area contributed by atoms with Gasteiger partial charge in [-0.1, -0.05) is 20.8 Å². The van der Waals surface area contributed by atoms with Crippen molar-refractivity contribution in [3.05, 3.63) is 0 Å². The van der Waals surface area contributed by atoms with Gasteiger partial charge >= 0.3 is 23.9 Å². The zero-order chi connectivity index (χ0) is 6.08. The zero-order valence-electron chi connectivity index (χ0n) is 6.83. The molecule has 0 aliphatic carbocycles. The minimum atomic E-state index is -1.01. The number of halogens is 4. The van der Waals surface area contributed by atoms with Crippen molar-refractivity contribution in [2.75, 3.05) is 0 Å². The van der Waals surface area contributed by atoms with Crippen molar-refractivity contribution in [1.29, 1.82) is 0 Å². The molecule has 0 amide bonds. The molecule has 0 bridgehead atoms. The van der Waals surface area contributed by atoms with E-state index in [-0.39, 0.29) is 73.5 Å². The van der Waals surface area contributed by atoms with Gasteiger partial charge in [0.05, 0.1) is 0 Å². The van der Waals surface area contributed by atoms with E-state index in [2.05, 4.69) is 0 Å². The molecule has 0 aliphatic heterocycles. The van der Waals surface area contributed by atoms with Crippen molar-refractivity contribution < 1.29 is 59.5 Å². The molecule has 0 saturated carbocycles. The Morgan fingerprint density at radius 3 is 1.08 bits per heavy atom. The average Bonchev–Trinajstić information content (AvgIpc) is 1.31. The molecule has 0 unspecified atom stereocenters. The fraction of sp³-hybridized carbons (Fsp3) is 0.800. The van der Waals surface area contributed by atoms with E-state index in [9.17, 15) is 9.90 Å². The van der Waals surface area contributed by atoms with Crippen LogP contribution >= 0.6 is 0 Å². The third kappa shape index (κ3) is 22.5. The van der Waals surface area contributed by atoms with Crippen molar-refractivity contribution in [3.8, 4) is 0 Å². The second-order valence-electron chi connectivity index (χ2n) is 2.54. The topological polar surface area (TPSA) is 40.1 Å². The van der Waals surface area contributed by atoms with Gasteiger partial charge in [0.2, 0.25) is 0 Å². The first-order chi connectivity index (χ1) is 2.94. The van der Waals surface area contributed by atoms with E-state index in [0.717, 1.165) is 0 Å². The monoisotopic (exact) mass is 361 g/mol. The smallest absolute Gasteiger partial charge is 1.00 e. The van der Waals surface area contributed by atoms with Crippen molar-refractivity contribution in [3.63, 3.8) is 0 Å². The van der Waals surface area contributed by atoms with Crippen LogP contribution in [-0.4, -0.2) is 29.9 Å². The molecule has 0 atom stereocenters. The maximum Gasteiger partial charge on any atom is 4.00 e. The fourth-order valence-electron chi connectivity index (χ4n) is 0. The van der Waals surface area contributed by atoms with Gasteiger partial charge in [0, 0.05) is 11.4 Å². The Morgan fingerprint density at radius 2 is 1.08 bits per heavy atom. The van der Waals surface area contributed by atoms with Crippen LogP contribution in [0.4, 0.5) is 0 Å². The van der Waals surface area contributed by atoms with Gasteiger partial charge in [-0.2, -0.15) is 0 Å². The summed E-state index contributed by atoms with van der Waals surface area (Å²) in [4.78, 5) is 9.91. The van der Waals surface area contributed by atoms with Crippen LogP contribution in [0.15, 0.2) is 0 Å². The molecule has 0 rings (SSSR count). The van der Waals surface area contributed by atoms with E-state index in [4.69, 9.17) is 0 Å². The van der Waals surface area contributed by atoms with Gasteiger partial charge < -0.3 is 59.5 Å². The molecule has 0 aromatic rings. The Bertz CT molecular complexity index is 93.9. The van der Waals surface area contributed by atoms with Gasteiger partial charge in [0.25, 0.3) is 0 Å². The maximum atomic E-state index is 9.91. The van der Waals surface area contributed by atoms with Crippen LogP contribution in [0, 0.1) is 5.41 Å². The Balaban J connectivity index is -0.0000000180. The standard InChI is InChI=1S/C5H10O2.4ClH.Sn/c1-5(2,3)4(6)7;;;;;/h1-3H3,(H,6,7);4*1H;/q;;;;;+4/p-5. The van der Waals surface area contributed by atoms with Crippen LogP contribution in [0.25, 0.3) is 0 Å². The summed E-state index contributed by atoms with van der Waals surface area (Å²) in [6, 6.07) is 0. The molecule has 0 heterocycles. The van der Waals surface area contributed by atoms with Crippen LogP contribution in [0.5, 0.6) is 0 Å². The molecular formula is C5H9Cl4O2Sn-. The number of carbonyl (C=O) groups excluding carboxylic acids is 1. The molecule has 12 heavy (non-hydrogen) atoms. The number of rotatable bonds is 0. The fourth-order valence-corrected chi connectivity index (χ4v) is 0. The van der Waals surface area contributed by atoms with Crippen LogP contribution in [-0.2, 0) is 4.79 Å². The van der Waals surface area contributed by atoms with E-state index in [1.807, 2.05) is 0 Å². The summed E-state index contributed by atoms with van der Waals surface area (Å²) >= 11 is 0. The van der Waals surface area contributed by atoms with E-state index >= 15 is 0 Å². The molecule has 0 radical (unpaired) electrons. The van der Waals surface area contributed by atoms with Gasteiger partial charge in [-0.25, -0.2) is 0 Å². The van der Waals surface area contributed by atoms with E-state index in [0.29, 0.717) is 0 Å². The van der Waals surface area contributed by atoms with Crippen molar-refractivity contribution in [1.82, 2.24) is 0 Å². The third-order valence-electron chi connectivity index (χ3n) is 0.612. The first-order valence-electron chi connectivity index (χ1n) is 2.16. The summed E-state index contributed by atoms with van der Waals surface area (Å²) in [6.45, 7) is 4.80. The van der Waals surface area contributed by atoms with E-state index in [1.165, 1.54) is 0 Å². The molecule has 0 aromatic heterocycles. The molecule has 0 aromatic carbocycles. The number of carboxylic acid groups (broad SMARTS) is 1. The first kappa shape index (κ1) is 37.6. The summed E-state index contributed by atoms with van der Waals surface area (Å²) in [7, 11) is 0. The quantitative estimate of drug-likeness (QED) is 0.402. The summed E-state index contributed by atoms with van der Waals surface area (Å²) in [6.07, 6.45) is 0. The molecule has 0 aliphatic rings. The van der Waals surface area contributed by atoms with Crippen LogP contribution in [0.2, 0.25) is 0 Å². The minimum absolute atomic E-state index is 0. The Kier molecular flexibility index (Phi) is 46.8. The molecule has 0 fully saturated rings. The summed E-state index contributed by atoms with van der Waals surface area (Å²) < 4.78 is 0. The Morgan fingerprint density at radius 1 is 1.00 bits per heavy atom. The first-order valence-corrected chi connectivity index (χ1v) is 2.16. The predicted molar refractivity (Wildman–Crippen MR) is 30.2 cm³/mol. The SMILES string of the molecule is CC(C)(C)C(=O)[O-].[Cl-].[Cl-].[Cl-].[Cl-].[Sn+4].